The number of aromatic nitrogens is 1. The Morgan fingerprint density at radius 2 is 2.00 bits per heavy atom. The van der Waals surface area contributed by atoms with E-state index in [1.54, 1.807) is 0 Å². The van der Waals surface area contributed by atoms with Crippen LogP contribution < -0.4 is 5.73 Å². The quantitative estimate of drug-likeness (QED) is 0.416. The predicted octanol–water partition coefficient (Wildman–Crippen LogP) is 1.52. The van der Waals surface area contributed by atoms with Crippen LogP contribution in [0.15, 0.2) is 12.3 Å². The zero-order chi connectivity index (χ0) is 10.9. The van der Waals surface area contributed by atoms with Gasteiger partial charge in [0.25, 0.3) is 0 Å². The minimum absolute atomic E-state index is 0.185. The van der Waals surface area contributed by atoms with Crippen LogP contribution in [0.1, 0.15) is 11.3 Å². The minimum atomic E-state index is -4.83. The van der Waals surface area contributed by atoms with Crippen LogP contribution in [0.4, 0.5) is 17.6 Å². The summed E-state index contributed by atoms with van der Waals surface area (Å²) in [5, 5.41) is 6.85. The van der Waals surface area contributed by atoms with Crippen LogP contribution >= 0.6 is 0 Å². The molecule has 0 aliphatic carbocycles. The summed E-state index contributed by atoms with van der Waals surface area (Å²) in [6, 6.07) is 0.526. The molecule has 1 rings (SSSR count). The van der Waals surface area contributed by atoms with Crippen LogP contribution in [-0.4, -0.2) is 10.8 Å². The van der Waals surface area contributed by atoms with E-state index in [9.17, 15) is 17.6 Å². The second kappa shape index (κ2) is 3.24. The van der Waals surface area contributed by atoms with Gasteiger partial charge in [0.2, 0.25) is 0 Å². The Hall–Kier alpha value is -1.66. The van der Waals surface area contributed by atoms with Crippen LogP contribution in [0.5, 0.6) is 0 Å². The van der Waals surface area contributed by atoms with Crippen LogP contribution in [0.25, 0.3) is 0 Å². The number of nitrogen functional groups attached to an aromatic ring is 1. The first-order valence-corrected chi connectivity index (χ1v) is 3.39. The molecule has 0 saturated heterocycles. The highest BCUT2D eigenvalue weighted by atomic mass is 19.4. The summed E-state index contributed by atoms with van der Waals surface area (Å²) in [6.45, 7) is 0. The molecule has 3 N–H and O–H groups in total. The first kappa shape index (κ1) is 10.4. The van der Waals surface area contributed by atoms with Gasteiger partial charge < -0.3 is 5.73 Å². The fraction of sp³-hybridized carbons (Fsp3) is 0.143. The van der Waals surface area contributed by atoms with Crippen molar-refractivity contribution in [2.75, 3.05) is 0 Å². The molecular weight excluding hydrogens is 202 g/mol. The summed E-state index contributed by atoms with van der Waals surface area (Å²) in [4.78, 5) is 2.85. The van der Waals surface area contributed by atoms with Gasteiger partial charge >= 0.3 is 6.18 Å². The fourth-order valence-electron chi connectivity index (χ4n) is 0.794. The molecule has 0 fully saturated rings. The molecule has 14 heavy (non-hydrogen) atoms. The number of nitrogens with one attached hydrogen (secondary N) is 1. The number of alkyl halides is 3. The van der Waals surface area contributed by atoms with Crippen LogP contribution in [0, 0.1) is 11.2 Å². The standard InChI is InChI=1S/C7H5F4N3/c8-4-1-3(6(12)13)2-14-5(4)7(9,10)11/h1-2H,(H3,12,13). The highest BCUT2D eigenvalue weighted by molar-refractivity contribution is 5.94. The normalized spacial score (nSPS) is 11.4. The molecule has 3 nitrogen and oxygen atoms in total. The molecule has 7 heteroatoms. The van der Waals surface area contributed by atoms with Gasteiger partial charge in [0, 0.05) is 11.8 Å². The highest BCUT2D eigenvalue weighted by Gasteiger charge is 2.36. The molecule has 0 amide bonds. The van der Waals surface area contributed by atoms with E-state index in [2.05, 4.69) is 4.98 Å². The third-order valence-electron chi connectivity index (χ3n) is 1.42. The number of nitrogens with zero attached hydrogens (tertiary/aromatic N) is 1. The maximum Gasteiger partial charge on any atom is 0.436 e. The van der Waals surface area contributed by atoms with Gasteiger partial charge in [0.15, 0.2) is 11.5 Å². The van der Waals surface area contributed by atoms with Gasteiger partial charge in [-0.15, -0.1) is 0 Å². The smallest absolute Gasteiger partial charge is 0.384 e. The Kier molecular flexibility index (Phi) is 2.41. The van der Waals surface area contributed by atoms with E-state index in [4.69, 9.17) is 11.1 Å². The number of pyridine rings is 1. The minimum Gasteiger partial charge on any atom is -0.384 e. The largest absolute Gasteiger partial charge is 0.436 e. The lowest BCUT2D eigenvalue weighted by molar-refractivity contribution is -0.143. The molecule has 0 aliphatic heterocycles. The van der Waals surface area contributed by atoms with Gasteiger partial charge in [0.05, 0.1) is 0 Å². The van der Waals surface area contributed by atoms with Crippen molar-refractivity contribution < 1.29 is 17.6 Å². The number of rotatable bonds is 1. The van der Waals surface area contributed by atoms with Crippen molar-refractivity contribution in [3.63, 3.8) is 0 Å². The van der Waals surface area contributed by atoms with E-state index in [-0.39, 0.29) is 5.56 Å². The van der Waals surface area contributed by atoms with E-state index in [1.165, 1.54) is 0 Å². The zero-order valence-corrected chi connectivity index (χ0v) is 6.69. The monoisotopic (exact) mass is 207 g/mol. The topological polar surface area (TPSA) is 62.8 Å². The van der Waals surface area contributed by atoms with Gasteiger partial charge in [-0.05, 0) is 6.07 Å². The third-order valence-corrected chi connectivity index (χ3v) is 1.42. The molecule has 0 spiro atoms. The van der Waals surface area contributed by atoms with E-state index >= 15 is 0 Å². The number of amidine groups is 1. The Morgan fingerprint density at radius 3 is 2.36 bits per heavy atom. The van der Waals surface area contributed by atoms with E-state index in [0.717, 1.165) is 0 Å². The molecule has 76 valence electrons. The molecule has 0 saturated carbocycles. The maximum absolute atomic E-state index is 12.8. The Bertz CT molecular complexity index is 372. The number of nitrogens with two attached hydrogens (primary N) is 1. The van der Waals surface area contributed by atoms with Crippen LogP contribution in [-0.2, 0) is 6.18 Å². The maximum atomic E-state index is 12.8. The lowest BCUT2D eigenvalue weighted by atomic mass is 10.2. The van der Waals surface area contributed by atoms with E-state index < -0.39 is 23.5 Å². The lowest BCUT2D eigenvalue weighted by Gasteiger charge is -2.07. The fourth-order valence-corrected chi connectivity index (χ4v) is 0.794. The number of hydrogen-bond acceptors (Lipinski definition) is 2. The average Bonchev–Trinajstić information content (AvgIpc) is 2.01. The summed E-state index contributed by atoms with van der Waals surface area (Å²) in [7, 11) is 0. The van der Waals surface area contributed by atoms with Crippen molar-refractivity contribution in [2.45, 2.75) is 6.18 Å². The molecule has 0 aliphatic rings. The van der Waals surface area contributed by atoms with Crippen LogP contribution in [0.2, 0.25) is 0 Å². The number of halogens is 4. The first-order chi connectivity index (χ1) is 6.32. The molecule has 0 atom stereocenters. The van der Waals surface area contributed by atoms with Crippen molar-refractivity contribution in [3.8, 4) is 0 Å². The summed E-state index contributed by atoms with van der Waals surface area (Å²) < 4.78 is 48.8. The highest BCUT2D eigenvalue weighted by Crippen LogP contribution is 2.29. The SMILES string of the molecule is N=C(N)c1cnc(C(F)(F)F)c(F)c1. The third kappa shape index (κ3) is 1.98. The zero-order valence-electron chi connectivity index (χ0n) is 6.69. The molecule has 1 aromatic rings. The van der Waals surface area contributed by atoms with Gasteiger partial charge in [-0.2, -0.15) is 13.2 Å². The summed E-state index contributed by atoms with van der Waals surface area (Å²) in [6.07, 6.45) is -4.13. The lowest BCUT2D eigenvalue weighted by Crippen LogP contribution is -2.16. The molecule has 1 heterocycles. The van der Waals surface area contributed by atoms with Gasteiger partial charge in [-0.3, -0.25) is 5.41 Å². The summed E-state index contributed by atoms with van der Waals surface area (Å²) in [5.74, 6) is -2.07. The Labute approximate surface area is 76.1 Å². The Morgan fingerprint density at radius 1 is 1.43 bits per heavy atom. The number of hydrogen-bond donors (Lipinski definition) is 2. The molecular formula is C7H5F4N3. The first-order valence-electron chi connectivity index (χ1n) is 3.39. The van der Waals surface area contributed by atoms with Crippen molar-refractivity contribution >= 4 is 5.84 Å². The average molecular weight is 207 g/mol. The van der Waals surface area contributed by atoms with Gasteiger partial charge in [-0.1, -0.05) is 0 Å². The van der Waals surface area contributed by atoms with Crippen LogP contribution in [0.3, 0.4) is 0 Å². The van der Waals surface area contributed by atoms with Gasteiger partial charge in [-0.25, -0.2) is 9.37 Å². The summed E-state index contributed by atoms with van der Waals surface area (Å²) >= 11 is 0. The van der Waals surface area contributed by atoms with Gasteiger partial charge in [0.1, 0.15) is 5.84 Å². The van der Waals surface area contributed by atoms with E-state index in [0.29, 0.717) is 12.3 Å². The van der Waals surface area contributed by atoms with Crippen molar-refractivity contribution in [1.82, 2.24) is 4.98 Å². The van der Waals surface area contributed by atoms with E-state index in [1.807, 2.05) is 0 Å². The van der Waals surface area contributed by atoms with Crippen molar-refractivity contribution in [2.24, 2.45) is 5.73 Å². The molecule has 0 aromatic carbocycles. The predicted molar refractivity (Wildman–Crippen MR) is 40.2 cm³/mol. The summed E-state index contributed by atoms with van der Waals surface area (Å²) in [5.41, 5.74) is 3.14. The second-order valence-corrected chi connectivity index (χ2v) is 2.47. The van der Waals surface area contributed by atoms with Crippen molar-refractivity contribution in [3.05, 3.63) is 29.3 Å². The molecule has 0 unspecified atom stereocenters. The molecule has 0 radical (unpaired) electrons. The molecule has 1 aromatic heterocycles. The Balaban J connectivity index is 3.21. The van der Waals surface area contributed by atoms with Crippen molar-refractivity contribution in [1.29, 1.82) is 5.41 Å². The second-order valence-electron chi connectivity index (χ2n) is 2.47. The molecule has 0 bridgehead atoms.